The number of nitrogens with one attached hydrogen (secondary N) is 1. The van der Waals surface area contributed by atoms with Gasteiger partial charge in [0.15, 0.2) is 0 Å². The van der Waals surface area contributed by atoms with E-state index in [4.69, 9.17) is 5.73 Å². The Morgan fingerprint density at radius 2 is 1.79 bits per heavy atom. The van der Waals surface area contributed by atoms with Crippen LogP contribution in [0.3, 0.4) is 0 Å². The van der Waals surface area contributed by atoms with Gasteiger partial charge >= 0.3 is 0 Å². The molecule has 0 heterocycles. The van der Waals surface area contributed by atoms with Gasteiger partial charge < -0.3 is 11.1 Å². The Kier molecular flexibility index (Phi) is 4.88. The maximum atomic E-state index is 12.5. The first-order valence-corrected chi connectivity index (χ1v) is 8.05. The molecule has 1 amide bonds. The molecule has 2 aliphatic rings. The first-order valence-electron chi connectivity index (χ1n) is 8.05. The molecule has 0 saturated heterocycles. The van der Waals surface area contributed by atoms with Crippen LogP contribution in [0.4, 0.5) is 0 Å². The molecule has 19 heavy (non-hydrogen) atoms. The van der Waals surface area contributed by atoms with Crippen LogP contribution in [-0.2, 0) is 4.79 Å². The minimum Gasteiger partial charge on any atom is -0.353 e. The molecule has 0 bridgehead atoms. The van der Waals surface area contributed by atoms with Crippen molar-refractivity contribution < 1.29 is 4.79 Å². The van der Waals surface area contributed by atoms with Gasteiger partial charge in [-0.3, -0.25) is 4.79 Å². The van der Waals surface area contributed by atoms with E-state index in [0.29, 0.717) is 17.9 Å². The van der Waals surface area contributed by atoms with E-state index < -0.39 is 0 Å². The smallest absolute Gasteiger partial charge is 0.224 e. The van der Waals surface area contributed by atoms with Crippen LogP contribution in [-0.4, -0.2) is 18.0 Å². The third kappa shape index (κ3) is 3.50. The lowest BCUT2D eigenvalue weighted by Gasteiger charge is -2.37. The molecule has 2 saturated carbocycles. The molecule has 2 rings (SSSR count). The van der Waals surface area contributed by atoms with Crippen molar-refractivity contribution in [3.05, 3.63) is 0 Å². The van der Waals surface area contributed by atoms with Gasteiger partial charge in [0.1, 0.15) is 0 Å². The van der Waals surface area contributed by atoms with Crippen LogP contribution >= 0.6 is 0 Å². The summed E-state index contributed by atoms with van der Waals surface area (Å²) in [4.78, 5) is 12.5. The molecule has 0 spiro atoms. The lowest BCUT2D eigenvalue weighted by molar-refractivity contribution is -0.128. The van der Waals surface area contributed by atoms with Crippen LogP contribution in [0.25, 0.3) is 0 Å². The highest BCUT2D eigenvalue weighted by Gasteiger charge is 2.35. The summed E-state index contributed by atoms with van der Waals surface area (Å²) in [5.41, 5.74) is 6.22. The molecule has 3 N–H and O–H groups in total. The fraction of sp³-hybridized carbons (Fsp3) is 0.938. The monoisotopic (exact) mass is 266 g/mol. The Hall–Kier alpha value is -0.570. The van der Waals surface area contributed by atoms with Crippen molar-refractivity contribution in [3.63, 3.8) is 0 Å². The molecule has 0 radical (unpaired) electrons. The number of rotatable bonds is 2. The third-order valence-corrected chi connectivity index (χ3v) is 5.39. The van der Waals surface area contributed by atoms with Crippen molar-refractivity contribution >= 4 is 5.91 Å². The van der Waals surface area contributed by atoms with E-state index in [-0.39, 0.29) is 17.9 Å². The Labute approximate surface area is 117 Å². The highest BCUT2D eigenvalue weighted by atomic mass is 16.2. The summed E-state index contributed by atoms with van der Waals surface area (Å²) in [5.74, 6) is 2.14. The molecule has 3 nitrogen and oxygen atoms in total. The number of carbonyl (C=O) groups excluding carboxylic acids is 1. The zero-order valence-electron chi connectivity index (χ0n) is 12.7. The van der Waals surface area contributed by atoms with Crippen molar-refractivity contribution in [2.45, 2.75) is 71.4 Å². The van der Waals surface area contributed by atoms with Crippen LogP contribution in [0.1, 0.15) is 59.3 Å². The summed E-state index contributed by atoms with van der Waals surface area (Å²) in [5, 5.41) is 3.29. The van der Waals surface area contributed by atoms with Crippen molar-refractivity contribution in [2.24, 2.45) is 29.4 Å². The minimum atomic E-state index is 0.0373. The van der Waals surface area contributed by atoms with E-state index in [2.05, 4.69) is 26.1 Å². The third-order valence-electron chi connectivity index (χ3n) is 5.39. The summed E-state index contributed by atoms with van der Waals surface area (Å²) in [7, 11) is 0. The Balaban J connectivity index is 1.90. The van der Waals surface area contributed by atoms with Crippen LogP contribution in [0.2, 0.25) is 0 Å². The van der Waals surface area contributed by atoms with E-state index in [1.54, 1.807) is 0 Å². The molecule has 0 aromatic heterocycles. The van der Waals surface area contributed by atoms with Crippen molar-refractivity contribution in [3.8, 4) is 0 Å². The highest BCUT2D eigenvalue weighted by Crippen LogP contribution is 2.31. The number of carbonyl (C=O) groups is 1. The summed E-state index contributed by atoms with van der Waals surface area (Å²) >= 11 is 0. The molecule has 3 heteroatoms. The molecule has 0 aliphatic heterocycles. The second-order valence-corrected chi connectivity index (χ2v) is 7.10. The molecule has 6 unspecified atom stereocenters. The lowest BCUT2D eigenvalue weighted by atomic mass is 9.76. The van der Waals surface area contributed by atoms with Crippen LogP contribution in [0, 0.1) is 23.7 Å². The standard InChI is InChI=1S/C16H30N2O/c1-10-7-8-14(12(3)9-10)18-16(19)13-6-4-5-11(2)15(13)17/h10-15H,4-9,17H2,1-3H3,(H,18,19). The van der Waals surface area contributed by atoms with Crippen LogP contribution < -0.4 is 11.1 Å². The largest absolute Gasteiger partial charge is 0.353 e. The van der Waals surface area contributed by atoms with Crippen molar-refractivity contribution in [2.75, 3.05) is 0 Å². The topological polar surface area (TPSA) is 55.1 Å². The maximum Gasteiger partial charge on any atom is 0.224 e. The number of hydrogen-bond donors (Lipinski definition) is 2. The SMILES string of the molecule is CC1CCC(NC(=O)C2CCCC(C)C2N)C(C)C1. The molecule has 0 aromatic carbocycles. The average Bonchev–Trinajstić information content (AvgIpc) is 2.36. The van der Waals surface area contributed by atoms with Gasteiger partial charge in [0, 0.05) is 12.1 Å². The van der Waals surface area contributed by atoms with Crippen molar-refractivity contribution in [1.82, 2.24) is 5.32 Å². The second-order valence-electron chi connectivity index (χ2n) is 7.10. The van der Waals surface area contributed by atoms with Gasteiger partial charge in [-0.05, 0) is 49.9 Å². The molecule has 2 aliphatic carbocycles. The molecule has 6 atom stereocenters. The first kappa shape index (κ1) is 14.8. The van der Waals surface area contributed by atoms with Gasteiger partial charge in [0.25, 0.3) is 0 Å². The summed E-state index contributed by atoms with van der Waals surface area (Å²) < 4.78 is 0. The number of nitrogens with two attached hydrogens (primary N) is 1. The quantitative estimate of drug-likeness (QED) is 0.807. The molecular weight excluding hydrogens is 236 g/mol. The van der Waals surface area contributed by atoms with E-state index in [1.165, 1.54) is 19.3 Å². The lowest BCUT2D eigenvalue weighted by Crippen LogP contribution is -2.51. The predicted molar refractivity (Wildman–Crippen MR) is 78.6 cm³/mol. The maximum absolute atomic E-state index is 12.5. The minimum absolute atomic E-state index is 0.0373. The summed E-state index contributed by atoms with van der Waals surface area (Å²) in [6.07, 6.45) is 6.88. The predicted octanol–water partition coefficient (Wildman–Crippen LogP) is 2.69. The normalized spacial score (nSPS) is 43.8. The fourth-order valence-electron chi connectivity index (χ4n) is 3.92. The molecular formula is C16H30N2O. The zero-order valence-corrected chi connectivity index (χ0v) is 12.7. The van der Waals surface area contributed by atoms with Gasteiger partial charge in [-0.15, -0.1) is 0 Å². The van der Waals surface area contributed by atoms with E-state index in [0.717, 1.165) is 25.2 Å². The number of hydrogen-bond acceptors (Lipinski definition) is 2. The van der Waals surface area contributed by atoms with Crippen molar-refractivity contribution in [1.29, 1.82) is 0 Å². The van der Waals surface area contributed by atoms with Gasteiger partial charge in [-0.1, -0.05) is 27.2 Å². The van der Waals surface area contributed by atoms with E-state index >= 15 is 0 Å². The Bertz CT molecular complexity index is 318. The Morgan fingerprint density at radius 1 is 1.05 bits per heavy atom. The fourth-order valence-corrected chi connectivity index (χ4v) is 3.92. The van der Waals surface area contributed by atoms with Gasteiger partial charge in [-0.2, -0.15) is 0 Å². The average molecular weight is 266 g/mol. The van der Waals surface area contributed by atoms with E-state index in [1.807, 2.05) is 0 Å². The second kappa shape index (κ2) is 6.25. The molecule has 110 valence electrons. The number of amides is 1. The van der Waals surface area contributed by atoms with Crippen LogP contribution in [0.15, 0.2) is 0 Å². The van der Waals surface area contributed by atoms with Gasteiger partial charge in [0.2, 0.25) is 5.91 Å². The Morgan fingerprint density at radius 3 is 2.47 bits per heavy atom. The molecule has 0 aromatic rings. The van der Waals surface area contributed by atoms with E-state index in [9.17, 15) is 4.79 Å². The highest BCUT2D eigenvalue weighted by molar-refractivity contribution is 5.79. The van der Waals surface area contributed by atoms with Gasteiger partial charge in [0.05, 0.1) is 5.92 Å². The first-order chi connectivity index (χ1) is 8.99. The zero-order chi connectivity index (χ0) is 14.0. The van der Waals surface area contributed by atoms with Crippen LogP contribution in [0.5, 0.6) is 0 Å². The van der Waals surface area contributed by atoms with Gasteiger partial charge in [-0.25, -0.2) is 0 Å². The summed E-state index contributed by atoms with van der Waals surface area (Å²) in [6, 6.07) is 0.416. The summed E-state index contributed by atoms with van der Waals surface area (Å²) in [6.45, 7) is 6.76. The molecule has 2 fully saturated rings.